The second-order valence-electron chi connectivity index (χ2n) is 6.38. The summed E-state index contributed by atoms with van der Waals surface area (Å²) < 4.78 is 63.6. The maximum atomic E-state index is 10.5. The monoisotopic (exact) mass is 506 g/mol. The number of unbranched alkanes of at least 4 members (excludes halogenated alkanes) is 9. The van der Waals surface area contributed by atoms with Crippen molar-refractivity contribution in [1.82, 2.24) is 0 Å². The molecule has 0 spiro atoms. The van der Waals surface area contributed by atoms with Crippen LogP contribution in [0.4, 0.5) is 0 Å². The van der Waals surface area contributed by atoms with Gasteiger partial charge in [-0.1, -0.05) is 82.4 Å². The summed E-state index contributed by atoms with van der Waals surface area (Å²) in [6.45, 7) is 7.96. The molecule has 0 saturated carbocycles. The Hall–Kier alpha value is 2.00. The minimum Gasteiger partial charge on any atom is -0.759 e. The average molecular weight is 507 g/mol. The molecule has 1 aromatic carbocycles. The Morgan fingerprint density at radius 1 is 0.774 bits per heavy atom. The Morgan fingerprint density at radius 3 is 1.39 bits per heavy atom. The van der Waals surface area contributed by atoms with Gasteiger partial charge in [-0.05, 0) is 19.1 Å². The van der Waals surface area contributed by atoms with E-state index in [1.165, 1.54) is 69.9 Å². The second kappa shape index (κ2) is 26.6. The zero-order chi connectivity index (χ0) is 22.1. The molecule has 1 rings (SSSR count). The van der Waals surface area contributed by atoms with E-state index < -0.39 is 20.5 Å². The summed E-state index contributed by atoms with van der Waals surface area (Å²) in [5.74, 6) is 0. The minimum atomic E-state index is -5.17. The molecule has 0 aliphatic carbocycles. The number of aryl methyl sites for hydroxylation is 1. The summed E-state index contributed by atoms with van der Waals surface area (Å²) in [6.07, 6.45) is 13.9. The Kier molecular flexibility index (Phi) is 37.0. The van der Waals surface area contributed by atoms with Crippen LogP contribution in [0.5, 0.6) is 0 Å². The van der Waals surface area contributed by atoms with Crippen LogP contribution in [0.2, 0.25) is 0 Å². The van der Waals surface area contributed by atoms with Crippen LogP contribution in [-0.2, 0) is 20.5 Å². The average Bonchev–Trinajstić information content (AvgIpc) is 2.56. The van der Waals surface area contributed by atoms with E-state index in [9.17, 15) is 8.42 Å². The number of rotatable bonds is 10. The van der Waals surface area contributed by atoms with Crippen LogP contribution in [-0.4, -0.2) is 30.5 Å². The quantitative estimate of drug-likeness (QED) is 0.111. The van der Waals surface area contributed by atoms with Crippen molar-refractivity contribution in [2.75, 3.05) is 0 Å². The van der Waals surface area contributed by atoms with E-state index in [2.05, 4.69) is 13.8 Å². The first-order valence-corrected chi connectivity index (χ1v) is 12.2. The van der Waals surface area contributed by atoms with Gasteiger partial charge in [0.15, 0.2) is 0 Å². The van der Waals surface area contributed by atoms with E-state index >= 15 is 0 Å². The van der Waals surface area contributed by atoms with Crippen LogP contribution in [0, 0.1) is 13.8 Å². The smallest absolute Gasteiger partial charge is 0.759 e. The molecule has 0 unspecified atom stereocenters. The molecule has 0 aliphatic rings. The Bertz CT molecular complexity index is 678. The van der Waals surface area contributed by atoms with Gasteiger partial charge in [-0.2, -0.15) is 14.8 Å². The van der Waals surface area contributed by atoms with E-state index in [4.69, 9.17) is 22.1 Å². The molecule has 0 radical (unpaired) electrons. The maximum Gasteiger partial charge on any atom is 1.00 e. The van der Waals surface area contributed by atoms with E-state index in [-0.39, 0.29) is 93.6 Å². The third-order valence-electron chi connectivity index (χ3n) is 3.67. The second-order valence-corrected chi connectivity index (χ2v) is 8.62. The zero-order valence-electron chi connectivity index (χ0n) is 19.8. The summed E-state index contributed by atoms with van der Waals surface area (Å²) in [5.41, 5.74) is 0.956. The van der Waals surface area contributed by atoms with Gasteiger partial charge in [0.05, 0.1) is 4.90 Å². The van der Waals surface area contributed by atoms with E-state index in [0.717, 1.165) is 12.0 Å². The van der Waals surface area contributed by atoms with Crippen molar-refractivity contribution in [3.8, 4) is 0 Å². The Balaban J connectivity index is -0.000000111. The molecule has 0 saturated heterocycles. The van der Waals surface area contributed by atoms with Crippen molar-refractivity contribution < 1.29 is 119 Å². The summed E-state index contributed by atoms with van der Waals surface area (Å²) in [6, 6.07) is 5.99. The van der Waals surface area contributed by atoms with Gasteiger partial charge in [0.1, 0.15) is 0 Å². The molecular formula is C19H33Na3O7S2. The fourth-order valence-corrected chi connectivity index (χ4v) is 2.68. The third-order valence-corrected chi connectivity index (χ3v) is 4.54. The standard InChI is InChI=1S/C12H25.C7H8O3S.3Na.H2O4S/c1-3-5-7-9-11-12-10-8-6-4-2;1-6-2-4-7(5-3-6)11(8,9)10;;;;1-5(2,3)4/h1,3-12H2,2H3;2-5H,1H3,(H,8,9,10);;;;(H2,1,2,3,4)/q-1;;3*+1;/p-2. The number of benzene rings is 1. The Morgan fingerprint density at radius 2 is 1.10 bits per heavy atom. The predicted molar refractivity (Wildman–Crippen MR) is 109 cm³/mol. The molecule has 0 fully saturated rings. The zero-order valence-corrected chi connectivity index (χ0v) is 27.4. The first-order chi connectivity index (χ1) is 12.9. The molecule has 0 aliphatic heterocycles. The molecule has 1 N–H and O–H groups in total. The molecule has 12 heteroatoms. The largest absolute Gasteiger partial charge is 1.00 e. The fourth-order valence-electron chi connectivity index (χ4n) is 2.20. The summed E-state index contributed by atoms with van der Waals surface area (Å²) in [5, 5.41) is 0. The molecule has 0 atom stereocenters. The van der Waals surface area contributed by atoms with Gasteiger partial charge in [0, 0.05) is 10.4 Å². The molecular weight excluding hydrogens is 473 g/mol. The van der Waals surface area contributed by atoms with Gasteiger partial charge in [-0.25, -0.2) is 0 Å². The van der Waals surface area contributed by atoms with Crippen LogP contribution >= 0.6 is 0 Å². The first kappa shape index (κ1) is 43.1. The topological polar surface area (TPSA) is 135 Å². The van der Waals surface area contributed by atoms with Crippen LogP contribution in [0.1, 0.15) is 76.7 Å². The van der Waals surface area contributed by atoms with Crippen LogP contribution in [0.15, 0.2) is 29.2 Å². The van der Waals surface area contributed by atoms with Crippen LogP contribution in [0.3, 0.4) is 0 Å². The molecule has 7 nitrogen and oxygen atoms in total. The molecule has 1 aromatic rings. The van der Waals surface area contributed by atoms with Crippen LogP contribution < -0.4 is 88.7 Å². The number of hydrogen-bond acceptors (Lipinski definition) is 6. The summed E-state index contributed by atoms with van der Waals surface area (Å²) in [4.78, 5) is -0.0666. The van der Waals surface area contributed by atoms with Crippen molar-refractivity contribution in [2.45, 2.75) is 83.0 Å². The molecule has 0 bridgehead atoms. The first-order valence-electron chi connectivity index (χ1n) is 9.42. The SMILES string of the molecule is Cc1ccc(S(=O)(=O)O)cc1.O=S(=O)([O-])[O-].[CH2-]CCCCCCCCCCC.[Na+].[Na+].[Na+]. The summed E-state index contributed by atoms with van der Waals surface area (Å²) in [7, 11) is -9.19. The third kappa shape index (κ3) is 39.5. The molecule has 0 amide bonds. The number of hydrogen-bond donors (Lipinski definition) is 1. The molecule has 166 valence electrons. The van der Waals surface area contributed by atoms with Crippen molar-refractivity contribution in [2.24, 2.45) is 0 Å². The predicted octanol–water partition coefficient (Wildman–Crippen LogP) is -4.34. The van der Waals surface area contributed by atoms with Crippen molar-refractivity contribution in [1.29, 1.82) is 0 Å². The maximum absolute atomic E-state index is 10.5. The fraction of sp³-hybridized carbons (Fsp3) is 0.632. The van der Waals surface area contributed by atoms with Crippen molar-refractivity contribution >= 4 is 20.5 Å². The van der Waals surface area contributed by atoms with Crippen molar-refractivity contribution in [3.05, 3.63) is 36.8 Å². The van der Waals surface area contributed by atoms with Crippen LogP contribution in [0.25, 0.3) is 0 Å². The van der Waals surface area contributed by atoms with Gasteiger partial charge in [-0.3, -0.25) is 13.0 Å². The summed E-state index contributed by atoms with van der Waals surface area (Å²) >= 11 is 0. The van der Waals surface area contributed by atoms with Gasteiger partial charge >= 0.3 is 88.7 Å². The molecule has 0 heterocycles. The van der Waals surface area contributed by atoms with Crippen molar-refractivity contribution in [3.63, 3.8) is 0 Å². The van der Waals surface area contributed by atoms with E-state index in [0.29, 0.717) is 0 Å². The minimum absolute atomic E-state index is 0. The van der Waals surface area contributed by atoms with Gasteiger partial charge < -0.3 is 16.0 Å². The van der Waals surface area contributed by atoms with Gasteiger partial charge in [0.25, 0.3) is 10.1 Å². The van der Waals surface area contributed by atoms with E-state index in [1.54, 1.807) is 12.1 Å². The Labute approximate surface area is 256 Å². The molecule has 31 heavy (non-hydrogen) atoms. The van der Waals surface area contributed by atoms with E-state index in [1.807, 2.05) is 6.92 Å². The van der Waals surface area contributed by atoms with Gasteiger partial charge in [0.2, 0.25) is 0 Å². The normalized spacial score (nSPS) is 10.0. The molecule has 0 aromatic heterocycles. The van der Waals surface area contributed by atoms with Gasteiger partial charge in [-0.15, -0.1) is 0 Å².